The van der Waals surface area contributed by atoms with Gasteiger partial charge in [-0.15, -0.1) is 23.5 Å². The zero-order chi connectivity index (χ0) is 50.6. The molecule has 0 radical (unpaired) electrons. The van der Waals surface area contributed by atoms with Crippen molar-refractivity contribution in [2.75, 3.05) is 51.3 Å². The fourth-order valence-corrected chi connectivity index (χ4v) is 14.6. The van der Waals surface area contributed by atoms with E-state index in [1.807, 2.05) is 23.5 Å². The molecule has 8 heteroatoms. The second-order valence-electron chi connectivity index (χ2n) is 19.4. The van der Waals surface area contributed by atoms with Gasteiger partial charge in [-0.05, 0) is 93.6 Å². The van der Waals surface area contributed by atoms with Crippen LogP contribution in [0.5, 0.6) is 0 Å². The average Bonchev–Trinajstić information content (AvgIpc) is 3.74. The molecule has 0 saturated carbocycles. The Bertz CT molecular complexity index is 2930. The van der Waals surface area contributed by atoms with Gasteiger partial charge in [-0.1, -0.05) is 218 Å². The van der Waals surface area contributed by atoms with Crippen LogP contribution in [0, 0.1) is 0 Å². The van der Waals surface area contributed by atoms with E-state index in [0.717, 1.165) is 61.2 Å². The Balaban J connectivity index is 0.885. The normalized spacial score (nSPS) is 15.9. The van der Waals surface area contributed by atoms with Crippen LogP contribution in [0.1, 0.15) is 64.6 Å². The van der Waals surface area contributed by atoms with Crippen LogP contribution in [-0.2, 0) is 23.8 Å². The van der Waals surface area contributed by atoms with E-state index in [1.165, 1.54) is 51.3 Å². The topological polar surface area (TPSA) is 61.9 Å². The molecule has 1 amide bonds. The highest BCUT2D eigenvalue weighted by atomic mass is 32.2. The van der Waals surface area contributed by atoms with Gasteiger partial charge < -0.3 is 10.1 Å². The Hall–Kier alpha value is -6.68. The Morgan fingerprint density at radius 1 is 0.568 bits per heavy atom. The molecule has 374 valence electrons. The molecule has 8 aromatic carbocycles. The van der Waals surface area contributed by atoms with Crippen LogP contribution in [0.2, 0.25) is 0 Å². The highest BCUT2D eigenvalue weighted by Gasteiger charge is 2.44. The van der Waals surface area contributed by atoms with E-state index in [4.69, 9.17) is 4.74 Å². The first-order valence-corrected chi connectivity index (χ1v) is 28.1. The first kappa shape index (κ1) is 50.8. The van der Waals surface area contributed by atoms with E-state index >= 15 is 0 Å². The maximum absolute atomic E-state index is 14.4. The second-order valence-corrected chi connectivity index (χ2v) is 22.0. The summed E-state index contributed by atoms with van der Waals surface area (Å²) in [5, 5.41) is 5.73. The van der Waals surface area contributed by atoms with Crippen molar-refractivity contribution >= 4 is 51.7 Å². The predicted molar refractivity (Wildman–Crippen MR) is 308 cm³/mol. The van der Waals surface area contributed by atoms with Crippen LogP contribution in [0.3, 0.4) is 0 Å². The zero-order valence-electron chi connectivity index (χ0n) is 42.2. The number of hydrogen-bond acceptors (Lipinski definition) is 7. The Labute approximate surface area is 446 Å². The summed E-state index contributed by atoms with van der Waals surface area (Å²) in [7, 11) is 1.51. The molecule has 2 aliphatic heterocycles. The van der Waals surface area contributed by atoms with Crippen LogP contribution in [0.25, 0.3) is 16.3 Å². The van der Waals surface area contributed by atoms with Gasteiger partial charge in [-0.25, -0.2) is 4.79 Å². The van der Waals surface area contributed by atoms with Crippen LogP contribution in [-0.4, -0.2) is 85.1 Å². The molecular formula is C66H65N3O3S2. The van der Waals surface area contributed by atoms with Gasteiger partial charge in [0.1, 0.15) is 0 Å². The van der Waals surface area contributed by atoms with Crippen LogP contribution in [0.15, 0.2) is 230 Å². The van der Waals surface area contributed by atoms with Crippen molar-refractivity contribution in [3.05, 3.63) is 269 Å². The molecule has 2 bridgehead atoms. The van der Waals surface area contributed by atoms with E-state index < -0.39 is 9.49 Å². The number of hydrogen-bond donors (Lipinski definition) is 1. The van der Waals surface area contributed by atoms with Crippen molar-refractivity contribution in [1.82, 2.24) is 15.1 Å². The maximum atomic E-state index is 14.4. The molecule has 0 spiro atoms. The van der Waals surface area contributed by atoms with Gasteiger partial charge in [0.25, 0.3) is 0 Å². The number of carbonyl (C=O) groups excluding carboxylic acids is 2. The fraction of sp³-hybridized carbons (Fsp3) is 0.242. The summed E-state index contributed by atoms with van der Waals surface area (Å²) >= 11 is 3.80. The number of methoxy groups -OCH3 is 1. The fourth-order valence-electron chi connectivity index (χ4n) is 11.6. The van der Waals surface area contributed by atoms with Crippen LogP contribution >= 0.6 is 23.5 Å². The Morgan fingerprint density at radius 3 is 1.51 bits per heavy atom. The maximum Gasteiger partial charge on any atom is 0.335 e. The number of nitrogens with one attached hydrogen (secondary N) is 1. The molecular weight excluding hydrogens is 947 g/mol. The molecule has 1 fully saturated rings. The molecule has 1 N–H and O–H groups in total. The first-order chi connectivity index (χ1) is 36.5. The van der Waals surface area contributed by atoms with Gasteiger partial charge in [0.05, 0.1) is 28.7 Å². The molecule has 74 heavy (non-hydrogen) atoms. The first-order valence-electron chi connectivity index (χ1n) is 26.1. The van der Waals surface area contributed by atoms with E-state index in [-0.39, 0.29) is 24.5 Å². The summed E-state index contributed by atoms with van der Waals surface area (Å²) in [5.74, 6) is 1.29. The van der Waals surface area contributed by atoms with E-state index in [9.17, 15) is 9.59 Å². The lowest BCUT2D eigenvalue weighted by Crippen LogP contribution is -2.45. The van der Waals surface area contributed by atoms with Gasteiger partial charge in [0.2, 0.25) is 5.91 Å². The smallest absolute Gasteiger partial charge is 0.335 e. The summed E-state index contributed by atoms with van der Waals surface area (Å²) in [6.07, 6.45) is 3.62. The third-order valence-electron chi connectivity index (χ3n) is 15.1. The predicted octanol–water partition coefficient (Wildman–Crippen LogP) is 13.3. The molecule has 2 atom stereocenters. The van der Waals surface area contributed by atoms with Crippen molar-refractivity contribution in [3.8, 4) is 0 Å². The Kier molecular flexibility index (Phi) is 16.6. The monoisotopic (exact) mass is 1010 g/mol. The van der Waals surface area contributed by atoms with Gasteiger partial charge >= 0.3 is 5.97 Å². The van der Waals surface area contributed by atoms with Gasteiger partial charge in [-0.3, -0.25) is 14.6 Å². The average molecular weight is 1010 g/mol. The number of thioether (sulfide) groups is 2. The molecule has 1 unspecified atom stereocenters. The number of benzene rings is 8. The van der Waals surface area contributed by atoms with Crippen LogP contribution in [0.4, 0.5) is 0 Å². The number of amides is 1. The lowest BCUT2D eigenvalue weighted by molar-refractivity contribution is -0.137. The minimum Gasteiger partial charge on any atom is -0.466 e. The number of ether oxygens (including phenoxy) is 1. The zero-order valence-corrected chi connectivity index (χ0v) is 43.9. The molecule has 0 aromatic heterocycles. The largest absolute Gasteiger partial charge is 0.466 e. The summed E-state index contributed by atoms with van der Waals surface area (Å²) < 4.78 is 4.60. The van der Waals surface area contributed by atoms with Crippen molar-refractivity contribution in [2.24, 2.45) is 0 Å². The highest BCUT2D eigenvalue weighted by Crippen LogP contribution is 2.50. The third-order valence-corrected chi connectivity index (χ3v) is 18.1. The van der Waals surface area contributed by atoms with E-state index in [0.29, 0.717) is 24.9 Å². The van der Waals surface area contributed by atoms with Crippen molar-refractivity contribution in [1.29, 1.82) is 0 Å². The minimum absolute atomic E-state index is 0.00881. The van der Waals surface area contributed by atoms with Gasteiger partial charge in [-0.2, -0.15) is 0 Å². The van der Waals surface area contributed by atoms with Crippen LogP contribution < -0.4 is 5.32 Å². The molecule has 1 saturated heterocycles. The standard InChI is InChI=1S/C66H65N3O3S2/c1-72-64(71)63-60(52-38-37-50-23-20-21-24-51(50)47-52)48-59-39-40-61(63)69(59)43-22-42-68(44-46-74-66(56-31-14-5-15-32-56,57-33-16-6-17-34-57)58-35-18-7-19-36-58)49-62(70)67-41-45-73-65(53-25-8-2-9-26-53,54-27-10-3-11-28-54)55-29-12-4-13-30-55/h2-21,23-38,47,59,61H,22,39-46,48-49H2,1H3,(H,67,70)/t59?,61-/m1/s1. The lowest BCUT2D eigenvalue weighted by Gasteiger charge is -2.38. The number of carbonyl (C=O) groups is 2. The molecule has 10 rings (SSSR count). The third kappa shape index (κ3) is 10.9. The molecule has 0 aliphatic carbocycles. The Morgan fingerprint density at radius 2 is 1.03 bits per heavy atom. The number of rotatable bonds is 22. The number of esters is 1. The number of nitrogens with zero attached hydrogens (tertiary/aromatic N) is 2. The molecule has 2 heterocycles. The lowest BCUT2D eigenvalue weighted by atomic mass is 9.84. The summed E-state index contributed by atoms with van der Waals surface area (Å²) in [5.41, 5.74) is 10.3. The summed E-state index contributed by atoms with van der Waals surface area (Å²) in [4.78, 5) is 33.0. The summed E-state index contributed by atoms with van der Waals surface area (Å²) in [6.45, 7) is 3.09. The molecule has 2 aliphatic rings. The summed E-state index contributed by atoms with van der Waals surface area (Å²) in [6, 6.07) is 80.0. The SMILES string of the molecule is COC(=O)C1=C(c2ccc3ccccc3c2)CC2CC[C@H]1N2CCCN(CCSC(c1ccccc1)(c1ccccc1)c1ccccc1)CC(=O)NCCSC(c1ccccc1)(c1ccccc1)c1ccccc1. The quantitative estimate of drug-likeness (QED) is 0.0412. The minimum atomic E-state index is -0.468. The van der Waals surface area contributed by atoms with E-state index in [2.05, 4.69) is 240 Å². The second kappa shape index (κ2) is 24.1. The van der Waals surface area contributed by atoms with Crippen molar-refractivity contribution in [2.45, 2.75) is 47.3 Å². The number of fused-ring (bicyclic) bond motifs is 3. The van der Waals surface area contributed by atoms with Crippen molar-refractivity contribution < 1.29 is 14.3 Å². The highest BCUT2D eigenvalue weighted by molar-refractivity contribution is 8.00. The van der Waals surface area contributed by atoms with Gasteiger partial charge in [0, 0.05) is 43.2 Å². The molecule has 8 aromatic rings. The molecule has 6 nitrogen and oxygen atoms in total. The van der Waals surface area contributed by atoms with Crippen molar-refractivity contribution in [3.63, 3.8) is 0 Å². The van der Waals surface area contributed by atoms with Gasteiger partial charge in [0.15, 0.2) is 0 Å². The van der Waals surface area contributed by atoms with E-state index in [1.54, 1.807) is 0 Å².